The highest BCUT2D eigenvalue weighted by Crippen LogP contribution is 2.31. The number of hydrogen-bond acceptors (Lipinski definition) is 5. The van der Waals surface area contributed by atoms with Crippen molar-refractivity contribution in [2.75, 3.05) is 18.0 Å². The van der Waals surface area contributed by atoms with Crippen LogP contribution in [0, 0.1) is 0 Å². The number of para-hydroxylation sites is 1. The summed E-state index contributed by atoms with van der Waals surface area (Å²) in [6, 6.07) is 34.0. The van der Waals surface area contributed by atoms with Crippen LogP contribution < -0.4 is 15.8 Å². The maximum absolute atomic E-state index is 13.6. The number of aromatic nitrogens is 3. The smallest absolute Gasteiger partial charge is 0.253 e. The van der Waals surface area contributed by atoms with Gasteiger partial charge in [0.25, 0.3) is 5.56 Å². The van der Waals surface area contributed by atoms with E-state index in [9.17, 15) is 4.79 Å². The molecule has 1 N–H and O–H groups in total. The van der Waals surface area contributed by atoms with Crippen molar-refractivity contribution in [3.63, 3.8) is 0 Å². The van der Waals surface area contributed by atoms with Crippen LogP contribution in [0.3, 0.4) is 0 Å². The Morgan fingerprint density at radius 3 is 2.00 bits per heavy atom. The number of nitrogens with one attached hydrogen (secondary N) is 1. The molecule has 37 heavy (non-hydrogen) atoms. The number of benzene rings is 3. The van der Waals surface area contributed by atoms with Gasteiger partial charge >= 0.3 is 0 Å². The summed E-state index contributed by atoms with van der Waals surface area (Å²) in [4.78, 5) is 25.7. The Hall–Kier alpha value is -4.29. The molecule has 0 aliphatic carbocycles. The molecule has 3 heterocycles. The average molecular weight is 488 g/mol. The highest BCUT2D eigenvalue weighted by molar-refractivity contribution is 5.76. The molecule has 2 aromatic heterocycles. The molecule has 0 spiro atoms. The zero-order valence-corrected chi connectivity index (χ0v) is 20.6. The molecule has 1 fully saturated rings. The second-order valence-corrected chi connectivity index (χ2v) is 9.40. The van der Waals surface area contributed by atoms with Gasteiger partial charge in [0.05, 0.1) is 6.04 Å². The number of hydrogen-bond donors (Lipinski definition) is 1. The highest BCUT2D eigenvalue weighted by atomic mass is 16.1. The van der Waals surface area contributed by atoms with Crippen LogP contribution in [0.15, 0.2) is 114 Å². The maximum atomic E-state index is 13.6. The van der Waals surface area contributed by atoms with Gasteiger partial charge in [-0.2, -0.15) is 4.98 Å². The fourth-order valence-corrected chi connectivity index (χ4v) is 5.30. The van der Waals surface area contributed by atoms with Gasteiger partial charge in [-0.05, 0) is 55.3 Å². The number of anilines is 2. The van der Waals surface area contributed by atoms with Crippen molar-refractivity contribution in [2.24, 2.45) is 0 Å². The molecule has 1 aliphatic rings. The van der Waals surface area contributed by atoms with Crippen molar-refractivity contribution in [3.05, 3.63) is 131 Å². The molecule has 184 valence electrons. The SMILES string of the molecule is O=c1ccc2cnc(N(c3ccccc3)C3CCNCC3)nc2n1C(c1ccccc1)c1ccccc1. The summed E-state index contributed by atoms with van der Waals surface area (Å²) in [5, 5.41) is 4.29. The lowest BCUT2D eigenvalue weighted by molar-refractivity contribution is 0.449. The first-order chi connectivity index (χ1) is 18.3. The Morgan fingerprint density at radius 2 is 1.38 bits per heavy atom. The topological polar surface area (TPSA) is 63.1 Å². The lowest BCUT2D eigenvalue weighted by Gasteiger charge is -2.35. The standard InChI is InChI=1S/C31H29N5O/c37-28-17-16-25-22-33-31(35(26-14-8-3-9-15-26)27-18-20-32-21-19-27)34-30(25)36(28)29(23-10-4-1-5-11-23)24-12-6-2-7-13-24/h1-17,22,27,29,32H,18-21H2. The van der Waals surface area contributed by atoms with Gasteiger partial charge in [-0.1, -0.05) is 78.9 Å². The van der Waals surface area contributed by atoms with Crippen LogP contribution in [0.2, 0.25) is 0 Å². The monoisotopic (exact) mass is 487 g/mol. The molecule has 0 bridgehead atoms. The van der Waals surface area contributed by atoms with E-state index >= 15 is 0 Å². The van der Waals surface area contributed by atoms with Gasteiger partial charge < -0.3 is 10.2 Å². The van der Waals surface area contributed by atoms with Crippen molar-refractivity contribution in [3.8, 4) is 0 Å². The quantitative estimate of drug-likeness (QED) is 0.351. The fraction of sp³-hybridized carbons (Fsp3) is 0.194. The van der Waals surface area contributed by atoms with Crippen LogP contribution in [0.4, 0.5) is 11.6 Å². The second-order valence-electron chi connectivity index (χ2n) is 9.40. The molecule has 0 radical (unpaired) electrons. The van der Waals surface area contributed by atoms with Gasteiger partial charge in [0.15, 0.2) is 0 Å². The number of pyridine rings is 1. The maximum Gasteiger partial charge on any atom is 0.253 e. The Morgan fingerprint density at radius 1 is 0.784 bits per heavy atom. The molecule has 5 aromatic rings. The van der Waals surface area contributed by atoms with Crippen molar-refractivity contribution in [1.29, 1.82) is 0 Å². The third kappa shape index (κ3) is 4.63. The number of rotatable bonds is 6. The van der Waals surface area contributed by atoms with Crippen molar-refractivity contribution >= 4 is 22.7 Å². The summed E-state index contributed by atoms with van der Waals surface area (Å²) in [6.45, 7) is 1.91. The third-order valence-electron chi connectivity index (χ3n) is 7.07. The van der Waals surface area contributed by atoms with Gasteiger partial charge in [-0.15, -0.1) is 0 Å². The molecule has 3 aromatic carbocycles. The first kappa shape index (κ1) is 23.1. The molecule has 0 amide bonds. The molecule has 6 heteroatoms. The van der Waals surface area contributed by atoms with Crippen LogP contribution in [-0.2, 0) is 0 Å². The second kappa shape index (κ2) is 10.4. The summed E-state index contributed by atoms with van der Waals surface area (Å²) >= 11 is 0. The lowest BCUT2D eigenvalue weighted by Crippen LogP contribution is -2.41. The zero-order valence-electron chi connectivity index (χ0n) is 20.6. The molecular weight excluding hydrogens is 458 g/mol. The van der Waals surface area contributed by atoms with E-state index in [1.54, 1.807) is 6.07 Å². The van der Waals surface area contributed by atoms with Gasteiger partial charge in [0, 0.05) is 29.4 Å². The van der Waals surface area contributed by atoms with Crippen LogP contribution in [0.5, 0.6) is 0 Å². The van der Waals surface area contributed by atoms with Gasteiger partial charge in [-0.25, -0.2) is 4.98 Å². The molecule has 6 rings (SSSR count). The Bertz CT molecular complexity index is 1490. The van der Waals surface area contributed by atoms with Gasteiger partial charge in [0.2, 0.25) is 5.95 Å². The van der Waals surface area contributed by atoms with Crippen LogP contribution in [0.1, 0.15) is 30.0 Å². The number of nitrogens with zero attached hydrogens (tertiary/aromatic N) is 4. The fourth-order valence-electron chi connectivity index (χ4n) is 5.30. The number of piperidine rings is 1. The van der Waals surface area contributed by atoms with E-state index in [4.69, 9.17) is 9.97 Å². The average Bonchev–Trinajstić information content (AvgIpc) is 2.97. The Labute approximate surface area is 216 Å². The van der Waals surface area contributed by atoms with Crippen LogP contribution in [-0.4, -0.2) is 33.7 Å². The minimum absolute atomic E-state index is 0.0945. The summed E-state index contributed by atoms with van der Waals surface area (Å²) in [7, 11) is 0. The van der Waals surface area contributed by atoms with E-state index in [-0.39, 0.29) is 17.6 Å². The van der Waals surface area contributed by atoms with E-state index in [2.05, 4.69) is 46.6 Å². The molecule has 6 nitrogen and oxygen atoms in total. The van der Waals surface area contributed by atoms with E-state index in [0.717, 1.165) is 48.1 Å². The first-order valence-corrected chi connectivity index (χ1v) is 12.8. The predicted octanol–water partition coefficient (Wildman–Crippen LogP) is 5.32. The van der Waals surface area contributed by atoms with Gasteiger partial charge in [-0.3, -0.25) is 9.36 Å². The summed E-state index contributed by atoms with van der Waals surface area (Å²) in [6.07, 6.45) is 3.83. The lowest BCUT2D eigenvalue weighted by atomic mass is 9.98. The normalized spacial score (nSPS) is 14.2. The highest BCUT2D eigenvalue weighted by Gasteiger charge is 2.26. The van der Waals surface area contributed by atoms with Crippen molar-refractivity contribution < 1.29 is 0 Å². The largest absolute Gasteiger partial charge is 0.317 e. The van der Waals surface area contributed by atoms with Crippen molar-refractivity contribution in [2.45, 2.75) is 24.9 Å². The Balaban J connectivity index is 1.57. The minimum Gasteiger partial charge on any atom is -0.317 e. The molecule has 0 unspecified atom stereocenters. The summed E-state index contributed by atoms with van der Waals surface area (Å²) in [5.41, 5.74) is 3.65. The summed E-state index contributed by atoms with van der Waals surface area (Å²) in [5.74, 6) is 0.616. The van der Waals surface area contributed by atoms with E-state index in [0.29, 0.717) is 11.6 Å². The third-order valence-corrected chi connectivity index (χ3v) is 7.07. The minimum atomic E-state index is -0.314. The Kier molecular flexibility index (Phi) is 6.48. The van der Waals surface area contributed by atoms with E-state index < -0.39 is 0 Å². The zero-order chi connectivity index (χ0) is 25.0. The molecule has 0 saturated carbocycles. The molecule has 1 aliphatic heterocycles. The van der Waals surface area contributed by atoms with Crippen LogP contribution in [0.25, 0.3) is 11.0 Å². The summed E-state index contributed by atoms with van der Waals surface area (Å²) < 4.78 is 1.82. The first-order valence-electron chi connectivity index (χ1n) is 12.8. The van der Waals surface area contributed by atoms with Crippen LogP contribution >= 0.6 is 0 Å². The van der Waals surface area contributed by atoms with E-state index in [1.807, 2.05) is 71.4 Å². The van der Waals surface area contributed by atoms with Crippen molar-refractivity contribution in [1.82, 2.24) is 19.9 Å². The van der Waals surface area contributed by atoms with Gasteiger partial charge in [0.1, 0.15) is 5.65 Å². The molecule has 0 atom stereocenters. The molecular formula is C31H29N5O. The molecule has 1 saturated heterocycles. The number of fused-ring (bicyclic) bond motifs is 1. The predicted molar refractivity (Wildman–Crippen MR) is 148 cm³/mol. The van der Waals surface area contributed by atoms with E-state index in [1.165, 1.54) is 0 Å².